The normalized spacial score (nSPS) is 13.0. The molecule has 0 spiro atoms. The molecule has 1 aromatic rings. The lowest BCUT2D eigenvalue weighted by molar-refractivity contribution is 0.466. The third-order valence-corrected chi connectivity index (χ3v) is 3.12. The summed E-state index contributed by atoms with van der Waals surface area (Å²) in [6, 6.07) is 0.633. The van der Waals surface area contributed by atoms with Gasteiger partial charge >= 0.3 is 0 Å². The van der Waals surface area contributed by atoms with E-state index in [1.54, 1.807) is 0 Å². The third kappa shape index (κ3) is 4.34. The highest BCUT2D eigenvalue weighted by Crippen LogP contribution is 2.00. The largest absolute Gasteiger partial charge is 0.334 e. The summed E-state index contributed by atoms with van der Waals surface area (Å²) in [5.41, 5.74) is 0. The van der Waals surface area contributed by atoms with Gasteiger partial charge in [-0.2, -0.15) is 0 Å². The fourth-order valence-corrected chi connectivity index (χ4v) is 2.16. The third-order valence-electron chi connectivity index (χ3n) is 2.66. The molecule has 0 amide bonds. The molecule has 0 aliphatic rings. The highest BCUT2D eigenvalue weighted by Gasteiger charge is 2.04. The van der Waals surface area contributed by atoms with Crippen LogP contribution in [0.2, 0.25) is 0 Å². The first-order valence-corrected chi connectivity index (χ1v) is 6.67. The van der Waals surface area contributed by atoms with Gasteiger partial charge in [-0.1, -0.05) is 22.9 Å². The number of hydrogen-bond acceptors (Lipinski definition) is 2. The standard InChI is InChI=1S/C11H20BrN3/c1-3-11(4-5-12)14-7-9-15-8-6-13-10(15)2/h6,8,11,14H,3-5,7,9H2,1-2H3. The van der Waals surface area contributed by atoms with Crippen molar-refractivity contribution in [3.8, 4) is 0 Å². The first kappa shape index (κ1) is 12.7. The summed E-state index contributed by atoms with van der Waals surface area (Å²) in [4.78, 5) is 4.20. The number of imidazole rings is 1. The number of nitrogens with one attached hydrogen (secondary N) is 1. The smallest absolute Gasteiger partial charge is 0.105 e. The van der Waals surface area contributed by atoms with E-state index in [0.717, 1.165) is 24.2 Å². The van der Waals surface area contributed by atoms with E-state index < -0.39 is 0 Å². The van der Waals surface area contributed by atoms with Crippen molar-refractivity contribution < 1.29 is 0 Å². The fraction of sp³-hybridized carbons (Fsp3) is 0.727. The van der Waals surface area contributed by atoms with E-state index in [1.165, 1.54) is 12.8 Å². The number of aryl methyl sites for hydroxylation is 1. The number of aromatic nitrogens is 2. The van der Waals surface area contributed by atoms with Crippen molar-refractivity contribution in [3.05, 3.63) is 18.2 Å². The van der Waals surface area contributed by atoms with Crippen LogP contribution in [0.3, 0.4) is 0 Å². The topological polar surface area (TPSA) is 29.9 Å². The van der Waals surface area contributed by atoms with E-state index in [0.29, 0.717) is 6.04 Å². The van der Waals surface area contributed by atoms with Gasteiger partial charge < -0.3 is 9.88 Å². The van der Waals surface area contributed by atoms with Gasteiger partial charge in [-0.15, -0.1) is 0 Å². The molecule has 0 aliphatic heterocycles. The Bertz CT molecular complexity index is 273. The van der Waals surface area contributed by atoms with Crippen molar-refractivity contribution >= 4 is 15.9 Å². The van der Waals surface area contributed by atoms with Gasteiger partial charge in [0.15, 0.2) is 0 Å². The SMILES string of the molecule is CCC(CCBr)NCCn1ccnc1C. The second kappa shape index (κ2) is 7.01. The molecule has 0 aromatic carbocycles. The zero-order valence-electron chi connectivity index (χ0n) is 9.54. The van der Waals surface area contributed by atoms with Crippen molar-refractivity contribution in [2.75, 3.05) is 11.9 Å². The van der Waals surface area contributed by atoms with Crippen molar-refractivity contribution in [2.24, 2.45) is 0 Å². The number of hydrogen-bond donors (Lipinski definition) is 1. The van der Waals surface area contributed by atoms with Crippen LogP contribution < -0.4 is 5.32 Å². The lowest BCUT2D eigenvalue weighted by atomic mass is 10.2. The number of alkyl halides is 1. The van der Waals surface area contributed by atoms with Gasteiger partial charge in [0.05, 0.1) is 0 Å². The minimum atomic E-state index is 0.633. The molecule has 4 heteroatoms. The second-order valence-corrected chi connectivity index (χ2v) is 4.50. The molecule has 1 N–H and O–H groups in total. The molecule has 0 fully saturated rings. The Morgan fingerprint density at radius 1 is 1.60 bits per heavy atom. The minimum Gasteiger partial charge on any atom is -0.334 e. The maximum absolute atomic E-state index is 4.20. The summed E-state index contributed by atoms with van der Waals surface area (Å²) in [6.07, 6.45) is 6.27. The molecular formula is C11H20BrN3. The molecule has 0 radical (unpaired) electrons. The number of rotatable bonds is 7. The Balaban J connectivity index is 2.23. The Kier molecular flexibility index (Phi) is 5.95. The summed E-state index contributed by atoms with van der Waals surface area (Å²) in [7, 11) is 0. The van der Waals surface area contributed by atoms with Gasteiger partial charge in [0.1, 0.15) is 5.82 Å². The van der Waals surface area contributed by atoms with Gasteiger partial charge in [-0.3, -0.25) is 0 Å². The molecule has 1 heterocycles. The molecular weight excluding hydrogens is 254 g/mol. The molecule has 0 saturated carbocycles. The van der Waals surface area contributed by atoms with E-state index >= 15 is 0 Å². The molecule has 3 nitrogen and oxygen atoms in total. The van der Waals surface area contributed by atoms with Crippen molar-refractivity contribution in [3.63, 3.8) is 0 Å². The summed E-state index contributed by atoms with van der Waals surface area (Å²) in [5.74, 6) is 1.09. The molecule has 0 saturated heterocycles. The van der Waals surface area contributed by atoms with Gasteiger partial charge in [0.25, 0.3) is 0 Å². The minimum absolute atomic E-state index is 0.633. The van der Waals surface area contributed by atoms with Gasteiger partial charge in [-0.05, 0) is 19.8 Å². The van der Waals surface area contributed by atoms with Crippen LogP contribution >= 0.6 is 15.9 Å². The monoisotopic (exact) mass is 273 g/mol. The van der Waals surface area contributed by atoms with E-state index in [4.69, 9.17) is 0 Å². The molecule has 1 atom stereocenters. The van der Waals surface area contributed by atoms with Gasteiger partial charge in [0.2, 0.25) is 0 Å². The van der Waals surface area contributed by atoms with Gasteiger partial charge in [0, 0.05) is 36.9 Å². The average molecular weight is 274 g/mol. The molecule has 1 rings (SSSR count). The summed E-state index contributed by atoms with van der Waals surface area (Å²) < 4.78 is 2.17. The average Bonchev–Trinajstić information content (AvgIpc) is 2.63. The van der Waals surface area contributed by atoms with Crippen LogP contribution in [0, 0.1) is 6.92 Å². The van der Waals surface area contributed by atoms with Crippen LogP contribution in [0.5, 0.6) is 0 Å². The molecule has 0 bridgehead atoms. The van der Waals surface area contributed by atoms with Gasteiger partial charge in [-0.25, -0.2) is 4.98 Å². The number of halogens is 1. The molecule has 15 heavy (non-hydrogen) atoms. The maximum Gasteiger partial charge on any atom is 0.105 e. The zero-order chi connectivity index (χ0) is 11.1. The van der Waals surface area contributed by atoms with Crippen LogP contribution in [0.1, 0.15) is 25.6 Å². The summed E-state index contributed by atoms with van der Waals surface area (Å²) in [5, 5.41) is 4.63. The molecule has 86 valence electrons. The fourth-order valence-electron chi connectivity index (χ4n) is 1.61. The predicted molar refractivity (Wildman–Crippen MR) is 67.5 cm³/mol. The Hall–Kier alpha value is -0.350. The first-order valence-electron chi connectivity index (χ1n) is 5.55. The predicted octanol–water partition coefficient (Wildman–Crippen LogP) is 2.34. The van der Waals surface area contributed by atoms with Crippen LogP contribution in [0.25, 0.3) is 0 Å². The summed E-state index contributed by atoms with van der Waals surface area (Å²) >= 11 is 3.48. The zero-order valence-corrected chi connectivity index (χ0v) is 11.1. The Morgan fingerprint density at radius 2 is 2.40 bits per heavy atom. The van der Waals surface area contributed by atoms with E-state index in [9.17, 15) is 0 Å². The number of nitrogens with zero attached hydrogens (tertiary/aromatic N) is 2. The summed E-state index contributed by atoms with van der Waals surface area (Å²) in [6.45, 7) is 6.28. The lowest BCUT2D eigenvalue weighted by Gasteiger charge is -2.16. The van der Waals surface area contributed by atoms with Crippen LogP contribution in [0.15, 0.2) is 12.4 Å². The quantitative estimate of drug-likeness (QED) is 0.773. The Labute approximate surface area is 100 Å². The molecule has 0 aliphatic carbocycles. The van der Waals surface area contributed by atoms with E-state index in [-0.39, 0.29) is 0 Å². The molecule has 1 aromatic heterocycles. The Morgan fingerprint density at radius 3 is 2.93 bits per heavy atom. The van der Waals surface area contributed by atoms with E-state index in [2.05, 4.69) is 37.7 Å². The first-order chi connectivity index (χ1) is 7.27. The van der Waals surface area contributed by atoms with Crippen LogP contribution in [0.4, 0.5) is 0 Å². The van der Waals surface area contributed by atoms with Crippen molar-refractivity contribution in [1.29, 1.82) is 0 Å². The van der Waals surface area contributed by atoms with Crippen molar-refractivity contribution in [1.82, 2.24) is 14.9 Å². The highest BCUT2D eigenvalue weighted by molar-refractivity contribution is 9.09. The lowest BCUT2D eigenvalue weighted by Crippen LogP contribution is -2.31. The molecule has 1 unspecified atom stereocenters. The highest BCUT2D eigenvalue weighted by atomic mass is 79.9. The maximum atomic E-state index is 4.20. The van der Waals surface area contributed by atoms with E-state index in [1.807, 2.05) is 19.3 Å². The second-order valence-electron chi connectivity index (χ2n) is 3.70. The van der Waals surface area contributed by atoms with Crippen LogP contribution in [-0.2, 0) is 6.54 Å². The van der Waals surface area contributed by atoms with Crippen molar-refractivity contribution in [2.45, 2.75) is 39.3 Å². The van der Waals surface area contributed by atoms with Crippen LogP contribution in [-0.4, -0.2) is 27.5 Å².